The number of halogens is 1. The highest BCUT2D eigenvalue weighted by molar-refractivity contribution is 6.30. The van der Waals surface area contributed by atoms with E-state index >= 15 is 0 Å². The van der Waals surface area contributed by atoms with E-state index in [2.05, 4.69) is 31.4 Å². The number of rotatable bonds is 5. The fourth-order valence-electron chi connectivity index (χ4n) is 3.05. The Morgan fingerprint density at radius 3 is 2.62 bits per heavy atom. The predicted octanol–water partition coefficient (Wildman–Crippen LogP) is 5.50. The molecule has 2 aromatic carbocycles. The van der Waals surface area contributed by atoms with Crippen LogP contribution in [0.2, 0.25) is 5.02 Å². The van der Waals surface area contributed by atoms with Gasteiger partial charge in [0, 0.05) is 34.3 Å². The number of anilines is 2. The number of hydrogen-bond acceptors (Lipinski definition) is 4. The van der Waals surface area contributed by atoms with Crippen LogP contribution in [-0.4, -0.2) is 24.5 Å². The van der Waals surface area contributed by atoms with E-state index in [0.29, 0.717) is 23.7 Å². The smallest absolute Gasteiger partial charge is 0.320 e. The number of nitrogens with one attached hydrogen (secondary N) is 2. The zero-order valence-electron chi connectivity index (χ0n) is 17.2. The Labute approximate surface area is 176 Å². The third-order valence-corrected chi connectivity index (χ3v) is 4.82. The van der Waals surface area contributed by atoms with Crippen LogP contribution in [0, 0.1) is 5.41 Å². The van der Waals surface area contributed by atoms with Gasteiger partial charge in [-0.25, -0.2) is 9.80 Å². The average Bonchev–Trinajstić information content (AvgIpc) is 3.08. The summed E-state index contributed by atoms with van der Waals surface area (Å²) < 4.78 is 5.62. The average molecular weight is 415 g/mol. The topological polar surface area (TPSA) is 66.0 Å². The molecule has 0 saturated heterocycles. The molecule has 2 N–H and O–H groups in total. The van der Waals surface area contributed by atoms with E-state index in [-0.39, 0.29) is 17.6 Å². The summed E-state index contributed by atoms with van der Waals surface area (Å²) >= 11 is 5.91. The van der Waals surface area contributed by atoms with Gasteiger partial charge in [0.1, 0.15) is 11.9 Å². The van der Waals surface area contributed by atoms with Crippen LogP contribution in [0.4, 0.5) is 16.2 Å². The van der Waals surface area contributed by atoms with E-state index in [4.69, 9.17) is 21.4 Å². The number of amides is 2. The van der Waals surface area contributed by atoms with Crippen molar-refractivity contribution >= 4 is 34.7 Å². The van der Waals surface area contributed by atoms with E-state index in [1.165, 1.54) is 0 Å². The second kappa shape index (κ2) is 8.74. The molecule has 2 aromatic rings. The van der Waals surface area contributed by atoms with Gasteiger partial charge in [0.2, 0.25) is 0 Å². The molecule has 0 aromatic heterocycles. The van der Waals surface area contributed by atoms with Gasteiger partial charge in [-0.3, -0.25) is 0 Å². The Hall–Kier alpha value is -2.73. The fraction of sp³-hybridized carbons (Fsp3) is 0.364. The highest BCUT2D eigenvalue weighted by Gasteiger charge is 2.34. The molecule has 0 aliphatic carbocycles. The van der Waals surface area contributed by atoms with E-state index in [1.807, 2.05) is 36.2 Å². The first kappa shape index (κ1) is 21.0. The molecule has 1 atom stereocenters. The van der Waals surface area contributed by atoms with Crippen molar-refractivity contribution in [2.45, 2.75) is 40.3 Å². The summed E-state index contributed by atoms with van der Waals surface area (Å²) in [4.78, 5) is 12.6. The van der Waals surface area contributed by atoms with Gasteiger partial charge in [-0.2, -0.15) is 5.10 Å². The lowest BCUT2D eigenvalue weighted by molar-refractivity contribution is 0.248. The van der Waals surface area contributed by atoms with Crippen LogP contribution in [0.5, 0.6) is 5.75 Å². The summed E-state index contributed by atoms with van der Waals surface area (Å²) in [5.74, 6) is 0.772. The van der Waals surface area contributed by atoms with Crippen molar-refractivity contribution < 1.29 is 9.53 Å². The van der Waals surface area contributed by atoms with Crippen LogP contribution < -0.4 is 20.4 Å². The van der Waals surface area contributed by atoms with Crippen LogP contribution in [-0.2, 0) is 0 Å². The van der Waals surface area contributed by atoms with Crippen molar-refractivity contribution in [1.29, 1.82) is 0 Å². The first-order valence-corrected chi connectivity index (χ1v) is 10.1. The third kappa shape index (κ3) is 5.41. The van der Waals surface area contributed by atoms with Gasteiger partial charge in [0.15, 0.2) is 0 Å². The van der Waals surface area contributed by atoms with E-state index in [0.717, 1.165) is 17.1 Å². The minimum atomic E-state index is -0.298. The van der Waals surface area contributed by atoms with Crippen LogP contribution in [0.1, 0.15) is 34.1 Å². The number of ether oxygens (including phenoxy) is 1. The lowest BCUT2D eigenvalue weighted by Crippen LogP contribution is -2.45. The van der Waals surface area contributed by atoms with Crippen LogP contribution in [0.25, 0.3) is 0 Å². The predicted molar refractivity (Wildman–Crippen MR) is 119 cm³/mol. The van der Waals surface area contributed by atoms with E-state index in [1.54, 1.807) is 24.3 Å². The van der Waals surface area contributed by atoms with Crippen LogP contribution in [0.3, 0.4) is 0 Å². The summed E-state index contributed by atoms with van der Waals surface area (Å²) in [5, 5.41) is 13.2. The molecule has 1 heterocycles. The summed E-state index contributed by atoms with van der Waals surface area (Å²) in [6.07, 6.45) is 0.338. The molecule has 154 valence electrons. The SMILES string of the molecule is CCOc1cccc(N2N=C(C(C)(C)C)CC2NC(=O)Nc2ccc(Cl)cc2)c1. The molecule has 7 heteroatoms. The molecular weight excluding hydrogens is 388 g/mol. The maximum atomic E-state index is 12.6. The largest absolute Gasteiger partial charge is 0.494 e. The molecule has 3 rings (SSSR count). The molecule has 0 spiro atoms. The standard InChI is InChI=1S/C22H27ClN4O2/c1-5-29-18-8-6-7-17(13-18)27-20(14-19(26-27)22(2,3)4)25-21(28)24-16-11-9-15(23)10-12-16/h6-13,20H,5,14H2,1-4H3,(H2,24,25,28). The van der Waals surface area contributed by atoms with Crippen molar-refractivity contribution in [2.24, 2.45) is 10.5 Å². The Morgan fingerprint density at radius 1 is 1.24 bits per heavy atom. The Kier molecular flexibility index (Phi) is 6.33. The fourth-order valence-corrected chi connectivity index (χ4v) is 3.18. The number of hydrogen-bond donors (Lipinski definition) is 2. The molecule has 0 radical (unpaired) electrons. The van der Waals surface area contributed by atoms with Gasteiger partial charge in [0.25, 0.3) is 0 Å². The number of benzene rings is 2. The van der Waals surface area contributed by atoms with Gasteiger partial charge in [-0.15, -0.1) is 0 Å². The number of nitrogens with zero attached hydrogens (tertiary/aromatic N) is 2. The van der Waals surface area contributed by atoms with Crippen LogP contribution in [0.15, 0.2) is 53.6 Å². The highest BCUT2D eigenvalue weighted by atomic mass is 35.5. The van der Waals surface area contributed by atoms with Gasteiger partial charge in [-0.05, 0) is 43.3 Å². The van der Waals surface area contributed by atoms with E-state index < -0.39 is 0 Å². The summed E-state index contributed by atoms with van der Waals surface area (Å²) in [6, 6.07) is 14.4. The van der Waals surface area contributed by atoms with Crippen molar-refractivity contribution in [3.63, 3.8) is 0 Å². The summed E-state index contributed by atoms with van der Waals surface area (Å²) in [6.45, 7) is 8.90. The monoisotopic (exact) mass is 414 g/mol. The minimum Gasteiger partial charge on any atom is -0.494 e. The number of carbonyl (C=O) groups excluding carboxylic acids is 1. The maximum absolute atomic E-state index is 12.6. The number of hydrazone groups is 1. The van der Waals surface area contributed by atoms with E-state index in [9.17, 15) is 4.79 Å². The van der Waals surface area contributed by atoms with Crippen molar-refractivity contribution in [3.8, 4) is 5.75 Å². The van der Waals surface area contributed by atoms with Gasteiger partial charge >= 0.3 is 6.03 Å². The molecule has 29 heavy (non-hydrogen) atoms. The molecule has 0 fully saturated rings. The first-order chi connectivity index (χ1) is 13.8. The Bertz CT molecular complexity index is 890. The van der Waals surface area contributed by atoms with Crippen LogP contribution >= 0.6 is 11.6 Å². The summed E-state index contributed by atoms with van der Waals surface area (Å²) in [7, 11) is 0. The number of carbonyl (C=O) groups is 1. The Balaban J connectivity index is 1.79. The highest BCUT2D eigenvalue weighted by Crippen LogP contribution is 2.32. The molecule has 1 aliphatic heterocycles. The quantitative estimate of drug-likeness (QED) is 0.678. The van der Waals surface area contributed by atoms with Gasteiger partial charge in [0.05, 0.1) is 12.3 Å². The lowest BCUT2D eigenvalue weighted by Gasteiger charge is -2.25. The first-order valence-electron chi connectivity index (χ1n) is 9.69. The van der Waals surface area contributed by atoms with Crippen molar-refractivity contribution in [2.75, 3.05) is 16.9 Å². The van der Waals surface area contributed by atoms with Crippen molar-refractivity contribution in [3.05, 3.63) is 53.6 Å². The molecule has 2 amide bonds. The van der Waals surface area contributed by atoms with Gasteiger partial charge in [-0.1, -0.05) is 38.4 Å². The Morgan fingerprint density at radius 2 is 1.97 bits per heavy atom. The molecule has 0 saturated carbocycles. The lowest BCUT2D eigenvalue weighted by atomic mass is 9.88. The summed E-state index contributed by atoms with van der Waals surface area (Å²) in [5.41, 5.74) is 2.47. The number of urea groups is 1. The molecular formula is C22H27ClN4O2. The maximum Gasteiger partial charge on any atom is 0.320 e. The minimum absolute atomic E-state index is 0.0983. The zero-order valence-corrected chi connectivity index (χ0v) is 18.0. The normalized spacial score (nSPS) is 16.4. The molecule has 0 bridgehead atoms. The van der Waals surface area contributed by atoms with Crippen molar-refractivity contribution in [1.82, 2.24) is 5.32 Å². The van der Waals surface area contributed by atoms with Gasteiger partial charge < -0.3 is 15.4 Å². The molecule has 1 aliphatic rings. The second-order valence-electron chi connectivity index (χ2n) is 7.90. The third-order valence-electron chi connectivity index (χ3n) is 4.57. The zero-order chi connectivity index (χ0) is 21.0. The molecule has 1 unspecified atom stereocenters. The second-order valence-corrected chi connectivity index (χ2v) is 8.33. The molecule has 6 nitrogen and oxygen atoms in total.